The topological polar surface area (TPSA) is 102 Å². The molecule has 0 aliphatic carbocycles. The van der Waals surface area contributed by atoms with Gasteiger partial charge in [-0.05, 0) is 53.9 Å². The van der Waals surface area contributed by atoms with Crippen LogP contribution in [0, 0.1) is 5.92 Å². The molecule has 35 heavy (non-hydrogen) atoms. The first-order chi connectivity index (χ1) is 16.9. The van der Waals surface area contributed by atoms with Crippen LogP contribution in [0.4, 0.5) is 16.2 Å². The first kappa shape index (κ1) is 22.3. The van der Waals surface area contributed by atoms with Crippen molar-refractivity contribution in [2.75, 3.05) is 24.3 Å². The van der Waals surface area contributed by atoms with E-state index in [9.17, 15) is 9.59 Å². The number of nitrogens with one attached hydrogen (secondary N) is 3. The molecular weight excluding hydrogens is 440 g/mol. The van der Waals surface area contributed by atoms with Crippen LogP contribution in [0.3, 0.4) is 0 Å². The maximum Gasteiger partial charge on any atom is 0.341 e. The minimum atomic E-state index is -0.641. The Balaban J connectivity index is 1.40. The first-order valence-electron chi connectivity index (χ1n) is 11.4. The number of rotatable bonds is 5. The molecule has 3 aromatic carbocycles. The van der Waals surface area contributed by atoms with E-state index in [1.807, 2.05) is 56.6 Å². The summed E-state index contributed by atoms with van der Waals surface area (Å²) < 4.78 is 0. The number of urea groups is 1. The van der Waals surface area contributed by atoms with E-state index in [4.69, 9.17) is 0 Å². The average Bonchev–Trinajstić information content (AvgIpc) is 3.31. The molecule has 0 radical (unpaired) electrons. The Kier molecular flexibility index (Phi) is 5.78. The third kappa shape index (κ3) is 4.50. The minimum absolute atomic E-state index is 0.234. The van der Waals surface area contributed by atoms with Crippen molar-refractivity contribution in [2.24, 2.45) is 10.9 Å². The fraction of sp³-hybridized carbons (Fsp3) is 0.185. The van der Waals surface area contributed by atoms with E-state index < -0.39 is 18.0 Å². The third-order valence-electron chi connectivity index (χ3n) is 6.32. The molecule has 1 aliphatic rings. The molecule has 3 N–H and O–H groups in total. The lowest BCUT2D eigenvalue weighted by Crippen LogP contribution is -2.45. The van der Waals surface area contributed by atoms with Crippen LogP contribution in [-0.4, -0.2) is 41.9 Å². The van der Waals surface area contributed by atoms with E-state index >= 15 is 0 Å². The highest BCUT2D eigenvalue weighted by Gasteiger charge is 2.36. The lowest BCUT2D eigenvalue weighted by atomic mass is 9.86. The van der Waals surface area contributed by atoms with Gasteiger partial charge in [0.1, 0.15) is 5.92 Å². The molecule has 2 unspecified atom stereocenters. The number of hydrogen-bond donors (Lipinski definition) is 3. The van der Waals surface area contributed by atoms with Crippen molar-refractivity contribution in [3.05, 3.63) is 78.5 Å². The highest BCUT2D eigenvalue weighted by Crippen LogP contribution is 2.31. The third-order valence-corrected chi connectivity index (χ3v) is 6.32. The van der Waals surface area contributed by atoms with Crippen LogP contribution >= 0.6 is 0 Å². The summed E-state index contributed by atoms with van der Waals surface area (Å²) in [5.74, 6) is -0.875. The fourth-order valence-corrected chi connectivity index (χ4v) is 4.41. The van der Waals surface area contributed by atoms with E-state index in [1.165, 1.54) is 0 Å². The summed E-state index contributed by atoms with van der Waals surface area (Å²) in [7, 11) is 4.02. The number of amides is 3. The Morgan fingerprint density at radius 1 is 0.971 bits per heavy atom. The molecule has 8 nitrogen and oxygen atoms in total. The van der Waals surface area contributed by atoms with Crippen molar-refractivity contribution in [1.29, 1.82) is 0 Å². The number of aromatic amines is 1. The zero-order chi connectivity index (χ0) is 24.5. The standard InChI is InChI=1S/C27H26N6O2/c1-16-24(26(34)30-21-10-13-23-20(14-21)15-28-32-23)25(31-27(35)29-16)19-6-4-17(5-7-19)18-8-11-22(12-9-18)33(2)3/h4-15,24-25H,1-3H3,(H,28,32)(H,30,34)(H,31,35). The van der Waals surface area contributed by atoms with E-state index in [0.717, 1.165) is 33.3 Å². The highest BCUT2D eigenvalue weighted by molar-refractivity contribution is 6.13. The van der Waals surface area contributed by atoms with E-state index in [1.54, 1.807) is 13.1 Å². The predicted octanol–water partition coefficient (Wildman–Crippen LogP) is 4.78. The Bertz CT molecular complexity index is 1420. The zero-order valence-electron chi connectivity index (χ0n) is 19.7. The summed E-state index contributed by atoms with van der Waals surface area (Å²) in [6.45, 7) is 1.72. The van der Waals surface area contributed by atoms with Gasteiger partial charge in [-0.3, -0.25) is 9.89 Å². The predicted molar refractivity (Wildman–Crippen MR) is 139 cm³/mol. The monoisotopic (exact) mass is 466 g/mol. The Morgan fingerprint density at radius 2 is 1.66 bits per heavy atom. The number of anilines is 2. The summed E-state index contributed by atoms with van der Waals surface area (Å²) >= 11 is 0. The number of benzene rings is 3. The van der Waals surface area contributed by atoms with Gasteiger partial charge in [0.15, 0.2) is 0 Å². The number of carbonyl (C=O) groups excluding carboxylic acids is 2. The molecule has 176 valence electrons. The molecule has 0 bridgehead atoms. The van der Waals surface area contributed by atoms with Gasteiger partial charge in [0.05, 0.1) is 17.8 Å². The van der Waals surface area contributed by atoms with Gasteiger partial charge in [-0.25, -0.2) is 9.79 Å². The van der Waals surface area contributed by atoms with Crippen molar-refractivity contribution in [1.82, 2.24) is 15.5 Å². The molecule has 4 aromatic rings. The average molecular weight is 467 g/mol. The molecule has 0 saturated heterocycles. The Labute approximate surface area is 203 Å². The van der Waals surface area contributed by atoms with E-state index in [2.05, 4.69) is 55.0 Å². The van der Waals surface area contributed by atoms with Crippen molar-refractivity contribution in [2.45, 2.75) is 13.0 Å². The molecular formula is C27H26N6O2. The molecule has 5 rings (SSSR count). The van der Waals surface area contributed by atoms with Crippen LogP contribution in [0.25, 0.3) is 22.0 Å². The summed E-state index contributed by atoms with van der Waals surface area (Å²) in [4.78, 5) is 31.7. The largest absolute Gasteiger partial charge is 0.378 e. The second kappa shape index (κ2) is 9.06. The van der Waals surface area contributed by atoms with Gasteiger partial charge in [-0.1, -0.05) is 36.4 Å². The molecule has 0 saturated carbocycles. The van der Waals surface area contributed by atoms with Crippen molar-refractivity contribution < 1.29 is 9.59 Å². The number of carbonyl (C=O) groups is 2. The van der Waals surface area contributed by atoms with Gasteiger partial charge >= 0.3 is 6.03 Å². The number of fused-ring (bicyclic) bond motifs is 1. The lowest BCUT2D eigenvalue weighted by Gasteiger charge is -2.30. The van der Waals surface area contributed by atoms with Gasteiger partial charge in [-0.2, -0.15) is 5.10 Å². The lowest BCUT2D eigenvalue weighted by molar-refractivity contribution is -0.118. The molecule has 0 spiro atoms. The van der Waals surface area contributed by atoms with Gasteiger partial charge in [0.25, 0.3) is 0 Å². The second-order valence-corrected chi connectivity index (χ2v) is 8.88. The Hall–Kier alpha value is -4.46. The molecule has 2 heterocycles. The van der Waals surface area contributed by atoms with Gasteiger partial charge in [0.2, 0.25) is 5.91 Å². The van der Waals surface area contributed by atoms with E-state index in [0.29, 0.717) is 11.4 Å². The molecule has 0 fully saturated rings. The smallest absolute Gasteiger partial charge is 0.341 e. The van der Waals surface area contributed by atoms with Crippen LogP contribution in [0.5, 0.6) is 0 Å². The van der Waals surface area contributed by atoms with Crippen LogP contribution in [0.15, 0.2) is 77.9 Å². The minimum Gasteiger partial charge on any atom is -0.378 e. The zero-order valence-corrected chi connectivity index (χ0v) is 19.7. The van der Waals surface area contributed by atoms with Gasteiger partial charge in [-0.15, -0.1) is 0 Å². The van der Waals surface area contributed by atoms with Crippen molar-refractivity contribution in [3.8, 4) is 11.1 Å². The number of aromatic nitrogens is 2. The van der Waals surface area contributed by atoms with Crippen LogP contribution < -0.4 is 15.5 Å². The molecule has 8 heteroatoms. The Morgan fingerprint density at radius 3 is 2.34 bits per heavy atom. The number of hydrogen-bond acceptors (Lipinski definition) is 4. The molecule has 3 amide bonds. The molecule has 2 atom stereocenters. The maximum absolute atomic E-state index is 13.3. The summed E-state index contributed by atoms with van der Waals surface area (Å²) in [5, 5.41) is 13.7. The van der Waals surface area contributed by atoms with Crippen LogP contribution in [-0.2, 0) is 4.79 Å². The number of aliphatic imine (C=N–C) groups is 1. The van der Waals surface area contributed by atoms with Crippen LogP contribution in [0.1, 0.15) is 18.5 Å². The number of nitrogens with zero attached hydrogens (tertiary/aromatic N) is 3. The normalized spacial score (nSPS) is 17.6. The maximum atomic E-state index is 13.3. The highest BCUT2D eigenvalue weighted by atomic mass is 16.2. The summed E-state index contributed by atoms with van der Waals surface area (Å²) in [6.07, 6.45) is 1.71. The first-order valence-corrected chi connectivity index (χ1v) is 11.4. The van der Waals surface area contributed by atoms with E-state index in [-0.39, 0.29) is 5.91 Å². The SMILES string of the molecule is CC1=NC(=O)NC(c2ccc(-c3ccc(N(C)C)cc3)cc2)C1C(=O)Nc1ccc2[nH]ncc2c1. The summed E-state index contributed by atoms with van der Waals surface area (Å²) in [6, 6.07) is 20.8. The van der Waals surface area contributed by atoms with Crippen molar-refractivity contribution >= 4 is 39.9 Å². The molecule has 1 aliphatic heterocycles. The second-order valence-electron chi connectivity index (χ2n) is 8.88. The van der Waals surface area contributed by atoms with Crippen molar-refractivity contribution in [3.63, 3.8) is 0 Å². The number of H-pyrrole nitrogens is 1. The fourth-order valence-electron chi connectivity index (χ4n) is 4.41. The van der Waals surface area contributed by atoms with Gasteiger partial charge in [0, 0.05) is 36.6 Å². The molecule has 1 aromatic heterocycles. The quantitative estimate of drug-likeness (QED) is 0.394. The van der Waals surface area contributed by atoms with Crippen LogP contribution in [0.2, 0.25) is 0 Å². The summed E-state index contributed by atoms with van der Waals surface area (Å²) in [5.41, 5.74) is 6.14. The van der Waals surface area contributed by atoms with Gasteiger partial charge < -0.3 is 15.5 Å².